The molecule has 21 heavy (non-hydrogen) atoms. The largest absolute Gasteiger partial charge is 0.0806 e. The van der Waals surface area contributed by atoms with E-state index in [9.17, 15) is 0 Å². The Morgan fingerprint density at radius 3 is 2.05 bits per heavy atom. The van der Waals surface area contributed by atoms with Crippen LogP contribution >= 0.6 is 0 Å². The van der Waals surface area contributed by atoms with E-state index < -0.39 is 8.07 Å². The van der Waals surface area contributed by atoms with Crippen molar-refractivity contribution in [2.24, 2.45) is 11.8 Å². The van der Waals surface area contributed by atoms with Crippen molar-refractivity contribution in [1.82, 2.24) is 0 Å². The zero-order valence-electron chi connectivity index (χ0n) is 14.4. The molecule has 1 aromatic rings. The topological polar surface area (TPSA) is 0 Å². The summed E-state index contributed by atoms with van der Waals surface area (Å²) in [5, 5.41) is 1.64. The van der Waals surface area contributed by atoms with E-state index in [4.69, 9.17) is 0 Å². The van der Waals surface area contributed by atoms with E-state index in [1.54, 1.807) is 5.19 Å². The van der Waals surface area contributed by atoms with Gasteiger partial charge in [0.1, 0.15) is 0 Å². The van der Waals surface area contributed by atoms with Crippen molar-refractivity contribution < 1.29 is 0 Å². The quantitative estimate of drug-likeness (QED) is 0.586. The molecule has 2 rings (SSSR count). The van der Waals surface area contributed by atoms with Gasteiger partial charge in [-0.2, -0.15) is 0 Å². The Hall–Kier alpha value is -0.563. The third-order valence-corrected chi connectivity index (χ3v) is 9.19. The van der Waals surface area contributed by atoms with Gasteiger partial charge in [0.25, 0.3) is 0 Å². The Kier molecular flexibility index (Phi) is 6.54. The highest BCUT2D eigenvalue weighted by atomic mass is 28.3. The van der Waals surface area contributed by atoms with Crippen LogP contribution in [0.3, 0.4) is 0 Å². The molecule has 0 nitrogen and oxygen atoms in total. The molecule has 0 aliphatic heterocycles. The van der Waals surface area contributed by atoms with Gasteiger partial charge in [0.2, 0.25) is 0 Å². The molecule has 1 aliphatic rings. The Labute approximate surface area is 133 Å². The lowest BCUT2D eigenvalue weighted by Gasteiger charge is -2.28. The van der Waals surface area contributed by atoms with Crippen LogP contribution in [0.15, 0.2) is 30.3 Å². The maximum absolute atomic E-state index is 2.55. The average molecular weight is 303 g/mol. The van der Waals surface area contributed by atoms with Crippen molar-refractivity contribution in [3.05, 3.63) is 30.3 Å². The minimum Gasteiger partial charge on any atom is -0.0654 e. The molecular weight excluding hydrogens is 268 g/mol. The molecule has 0 radical (unpaired) electrons. The minimum atomic E-state index is -1.21. The molecule has 1 fully saturated rings. The van der Waals surface area contributed by atoms with Gasteiger partial charge in [-0.05, 0) is 11.8 Å². The van der Waals surface area contributed by atoms with Gasteiger partial charge < -0.3 is 0 Å². The first-order valence-corrected chi connectivity index (χ1v) is 12.4. The summed E-state index contributed by atoms with van der Waals surface area (Å²) in [5.41, 5.74) is 0. The van der Waals surface area contributed by atoms with Crippen molar-refractivity contribution in [1.29, 1.82) is 0 Å². The number of hydrogen-bond donors (Lipinski definition) is 0. The van der Waals surface area contributed by atoms with Gasteiger partial charge in [-0.1, -0.05) is 113 Å². The van der Waals surface area contributed by atoms with E-state index in [0.29, 0.717) is 0 Å². The normalized spacial score (nSPS) is 24.3. The van der Waals surface area contributed by atoms with Crippen LogP contribution in [-0.4, -0.2) is 8.07 Å². The fourth-order valence-electron chi connectivity index (χ4n) is 3.97. The first-order chi connectivity index (χ1) is 10.1. The van der Waals surface area contributed by atoms with E-state index >= 15 is 0 Å². The maximum atomic E-state index is 2.55. The zero-order chi connectivity index (χ0) is 15.1. The van der Waals surface area contributed by atoms with Crippen LogP contribution in [0.2, 0.25) is 19.1 Å². The summed E-state index contributed by atoms with van der Waals surface area (Å²) < 4.78 is 0. The van der Waals surface area contributed by atoms with Gasteiger partial charge in [-0.15, -0.1) is 0 Å². The number of hydrogen-bond acceptors (Lipinski definition) is 0. The molecule has 0 unspecified atom stereocenters. The van der Waals surface area contributed by atoms with E-state index in [2.05, 4.69) is 50.3 Å². The Morgan fingerprint density at radius 1 is 0.905 bits per heavy atom. The lowest BCUT2D eigenvalue weighted by molar-refractivity contribution is 0.306. The van der Waals surface area contributed by atoms with E-state index in [-0.39, 0.29) is 0 Å². The summed E-state index contributed by atoms with van der Waals surface area (Å²) in [6.45, 7) is 7.48. The standard InChI is InChI=1S/C20H34Si/c1-4-18-10-8-12-19(13-9-11-18)16-17-21(2,3)20-14-6-5-7-15-20/h5-7,14-15,18-19H,4,8-13,16-17H2,1-3H3. The second-order valence-electron chi connectivity index (χ2n) is 7.79. The maximum Gasteiger partial charge on any atom is 0.0806 e. The lowest BCUT2D eigenvalue weighted by Crippen LogP contribution is -2.41. The first-order valence-electron chi connectivity index (χ1n) is 9.17. The van der Waals surface area contributed by atoms with Crippen LogP contribution in [0.1, 0.15) is 58.3 Å². The number of benzene rings is 1. The summed E-state index contributed by atoms with van der Waals surface area (Å²) in [6, 6.07) is 12.8. The molecule has 1 heteroatoms. The van der Waals surface area contributed by atoms with Crippen molar-refractivity contribution in [2.75, 3.05) is 0 Å². The molecule has 118 valence electrons. The molecule has 0 N–H and O–H groups in total. The lowest BCUT2D eigenvalue weighted by atomic mass is 9.84. The summed E-state index contributed by atoms with van der Waals surface area (Å²) in [7, 11) is -1.21. The van der Waals surface area contributed by atoms with Crippen LogP contribution in [0.25, 0.3) is 0 Å². The molecule has 1 saturated carbocycles. The van der Waals surface area contributed by atoms with E-state index in [1.807, 2.05) is 0 Å². The molecule has 1 aromatic carbocycles. The predicted molar refractivity (Wildman–Crippen MR) is 98.0 cm³/mol. The van der Waals surface area contributed by atoms with Crippen molar-refractivity contribution in [2.45, 2.75) is 77.4 Å². The van der Waals surface area contributed by atoms with E-state index in [0.717, 1.165) is 11.8 Å². The highest BCUT2D eigenvalue weighted by molar-refractivity contribution is 6.89. The van der Waals surface area contributed by atoms with Crippen LogP contribution in [0.4, 0.5) is 0 Å². The van der Waals surface area contributed by atoms with Crippen molar-refractivity contribution >= 4 is 13.3 Å². The van der Waals surface area contributed by atoms with Gasteiger partial charge in [0.15, 0.2) is 0 Å². The Bertz CT molecular complexity index is 386. The number of rotatable bonds is 5. The monoisotopic (exact) mass is 302 g/mol. The Balaban J connectivity index is 1.82. The third kappa shape index (κ3) is 5.29. The first kappa shape index (κ1) is 16.8. The summed E-state index contributed by atoms with van der Waals surface area (Å²) in [4.78, 5) is 0. The molecule has 1 aliphatic carbocycles. The van der Waals surface area contributed by atoms with Gasteiger partial charge in [-0.25, -0.2) is 0 Å². The molecule has 0 atom stereocenters. The Morgan fingerprint density at radius 2 is 1.48 bits per heavy atom. The summed E-state index contributed by atoms with van der Waals surface area (Å²) >= 11 is 0. The minimum absolute atomic E-state index is 1.01. The van der Waals surface area contributed by atoms with Gasteiger partial charge in [0.05, 0.1) is 8.07 Å². The average Bonchev–Trinajstić information content (AvgIpc) is 2.47. The molecule has 0 spiro atoms. The van der Waals surface area contributed by atoms with Crippen LogP contribution in [0, 0.1) is 11.8 Å². The molecule has 0 bridgehead atoms. The summed E-state index contributed by atoms with van der Waals surface area (Å²) in [6.07, 6.45) is 11.8. The fraction of sp³-hybridized carbons (Fsp3) is 0.700. The van der Waals surface area contributed by atoms with Crippen LogP contribution in [0.5, 0.6) is 0 Å². The van der Waals surface area contributed by atoms with Crippen molar-refractivity contribution in [3.63, 3.8) is 0 Å². The van der Waals surface area contributed by atoms with Gasteiger partial charge in [0, 0.05) is 0 Å². The van der Waals surface area contributed by atoms with Crippen molar-refractivity contribution in [3.8, 4) is 0 Å². The second-order valence-corrected chi connectivity index (χ2v) is 12.6. The molecule has 0 heterocycles. The predicted octanol–water partition coefficient (Wildman–Crippen LogP) is 5.99. The van der Waals surface area contributed by atoms with E-state index in [1.165, 1.54) is 57.4 Å². The van der Waals surface area contributed by atoms with Crippen LogP contribution in [-0.2, 0) is 0 Å². The zero-order valence-corrected chi connectivity index (χ0v) is 15.4. The van der Waals surface area contributed by atoms with Gasteiger partial charge in [-0.3, -0.25) is 0 Å². The molecular formula is C20H34Si. The molecule has 0 amide bonds. The summed E-state index contributed by atoms with van der Waals surface area (Å²) in [5.74, 6) is 2.04. The smallest absolute Gasteiger partial charge is 0.0654 e. The highest BCUT2D eigenvalue weighted by Crippen LogP contribution is 2.31. The third-order valence-electron chi connectivity index (χ3n) is 5.76. The molecule has 0 aromatic heterocycles. The fourth-order valence-corrected chi connectivity index (χ4v) is 6.49. The highest BCUT2D eigenvalue weighted by Gasteiger charge is 2.25. The SMILES string of the molecule is CCC1CCCC(CC[Si](C)(C)c2ccccc2)CCC1. The second kappa shape index (κ2) is 8.17. The van der Waals surface area contributed by atoms with Gasteiger partial charge >= 0.3 is 0 Å². The molecule has 0 saturated heterocycles. The van der Waals surface area contributed by atoms with Crippen LogP contribution < -0.4 is 5.19 Å².